The van der Waals surface area contributed by atoms with E-state index in [2.05, 4.69) is 21.4 Å². The predicted octanol–water partition coefficient (Wildman–Crippen LogP) is 4.36. The van der Waals surface area contributed by atoms with Crippen molar-refractivity contribution in [3.8, 4) is 11.4 Å². The molecule has 25 heavy (non-hydrogen) atoms. The monoisotopic (exact) mass is 350 g/mol. The number of halogens is 1. The molecule has 0 bridgehead atoms. The van der Waals surface area contributed by atoms with Gasteiger partial charge in [-0.25, -0.2) is 9.97 Å². The molecule has 1 aliphatic carbocycles. The maximum atomic E-state index is 6.26. The Kier molecular flexibility index (Phi) is 4.72. The van der Waals surface area contributed by atoms with Crippen LogP contribution in [0.3, 0.4) is 0 Å². The van der Waals surface area contributed by atoms with Gasteiger partial charge in [0, 0.05) is 53.0 Å². The molecule has 4 nitrogen and oxygen atoms in total. The number of aromatic nitrogens is 3. The molecule has 1 N–H and O–H groups in total. The van der Waals surface area contributed by atoms with Crippen LogP contribution in [-0.2, 0) is 13.0 Å². The van der Waals surface area contributed by atoms with Gasteiger partial charge in [0.25, 0.3) is 0 Å². The van der Waals surface area contributed by atoms with E-state index in [1.165, 1.54) is 5.56 Å². The molecule has 0 fully saturated rings. The van der Waals surface area contributed by atoms with Crippen molar-refractivity contribution >= 4 is 11.6 Å². The van der Waals surface area contributed by atoms with Gasteiger partial charge in [-0.05, 0) is 43.0 Å². The Labute approximate surface area is 152 Å². The largest absolute Gasteiger partial charge is 0.306 e. The zero-order valence-electron chi connectivity index (χ0n) is 13.8. The van der Waals surface area contributed by atoms with Crippen molar-refractivity contribution < 1.29 is 0 Å². The van der Waals surface area contributed by atoms with E-state index in [-0.39, 0.29) is 6.04 Å². The molecule has 0 saturated carbocycles. The number of aryl methyl sites for hydroxylation is 1. The molecule has 0 aliphatic heterocycles. The second kappa shape index (κ2) is 7.30. The Morgan fingerprint density at radius 2 is 2.04 bits per heavy atom. The third-order valence-corrected chi connectivity index (χ3v) is 4.97. The van der Waals surface area contributed by atoms with E-state index < -0.39 is 0 Å². The first-order valence-electron chi connectivity index (χ1n) is 8.54. The lowest BCUT2D eigenvalue weighted by atomic mass is 9.92. The van der Waals surface area contributed by atoms with Gasteiger partial charge in [-0.2, -0.15) is 0 Å². The molecule has 2 heterocycles. The fraction of sp³-hybridized carbons (Fsp3) is 0.250. The molecule has 3 aromatic rings. The quantitative estimate of drug-likeness (QED) is 0.759. The number of nitrogens with one attached hydrogen (secondary N) is 1. The topological polar surface area (TPSA) is 50.7 Å². The molecule has 1 atom stereocenters. The summed E-state index contributed by atoms with van der Waals surface area (Å²) in [5, 5.41) is 4.42. The Balaban J connectivity index is 1.55. The van der Waals surface area contributed by atoms with Crippen LogP contribution in [0.15, 0.2) is 55.0 Å². The van der Waals surface area contributed by atoms with E-state index in [0.29, 0.717) is 0 Å². The average molecular weight is 351 g/mol. The SMILES string of the molecule is Clc1ccccc1CN[C@H]1CCCc2nc(-c3cccnc3)ncc21. The zero-order chi connectivity index (χ0) is 17.1. The molecule has 2 aromatic heterocycles. The maximum Gasteiger partial charge on any atom is 0.160 e. The van der Waals surface area contributed by atoms with Crippen LogP contribution in [0.4, 0.5) is 0 Å². The van der Waals surface area contributed by atoms with Crippen LogP contribution in [0.5, 0.6) is 0 Å². The lowest BCUT2D eigenvalue weighted by Crippen LogP contribution is -2.26. The van der Waals surface area contributed by atoms with Crippen molar-refractivity contribution in [1.82, 2.24) is 20.3 Å². The number of hydrogen-bond donors (Lipinski definition) is 1. The molecular formula is C20H19ClN4. The minimum absolute atomic E-state index is 0.267. The van der Waals surface area contributed by atoms with E-state index in [1.54, 1.807) is 12.4 Å². The summed E-state index contributed by atoms with van der Waals surface area (Å²) in [4.78, 5) is 13.5. The van der Waals surface area contributed by atoms with Gasteiger partial charge >= 0.3 is 0 Å². The molecule has 0 spiro atoms. The molecule has 0 radical (unpaired) electrons. The van der Waals surface area contributed by atoms with Gasteiger partial charge in [-0.15, -0.1) is 0 Å². The molecule has 0 amide bonds. The van der Waals surface area contributed by atoms with E-state index in [0.717, 1.165) is 53.5 Å². The van der Waals surface area contributed by atoms with Gasteiger partial charge in [0.15, 0.2) is 5.82 Å². The van der Waals surface area contributed by atoms with Crippen LogP contribution in [0, 0.1) is 0 Å². The zero-order valence-corrected chi connectivity index (χ0v) is 14.6. The van der Waals surface area contributed by atoms with Crippen LogP contribution in [0.25, 0.3) is 11.4 Å². The summed E-state index contributed by atoms with van der Waals surface area (Å²) in [6.45, 7) is 0.744. The number of nitrogens with zero attached hydrogens (tertiary/aromatic N) is 3. The first-order valence-corrected chi connectivity index (χ1v) is 8.92. The Morgan fingerprint density at radius 1 is 1.12 bits per heavy atom. The third kappa shape index (κ3) is 3.55. The summed E-state index contributed by atoms with van der Waals surface area (Å²) in [7, 11) is 0. The number of fused-ring (bicyclic) bond motifs is 1. The minimum atomic E-state index is 0.267. The average Bonchev–Trinajstić information content (AvgIpc) is 2.67. The van der Waals surface area contributed by atoms with Crippen molar-refractivity contribution in [2.24, 2.45) is 0 Å². The van der Waals surface area contributed by atoms with Gasteiger partial charge in [0.05, 0.1) is 0 Å². The fourth-order valence-electron chi connectivity index (χ4n) is 3.27. The predicted molar refractivity (Wildman–Crippen MR) is 99.2 cm³/mol. The highest BCUT2D eigenvalue weighted by molar-refractivity contribution is 6.31. The molecule has 0 unspecified atom stereocenters. The van der Waals surface area contributed by atoms with Crippen molar-refractivity contribution in [3.05, 3.63) is 76.8 Å². The summed E-state index contributed by atoms with van der Waals surface area (Å²) >= 11 is 6.26. The van der Waals surface area contributed by atoms with Crippen LogP contribution in [0.2, 0.25) is 5.02 Å². The molecule has 5 heteroatoms. The lowest BCUT2D eigenvalue weighted by molar-refractivity contribution is 0.452. The molecule has 4 rings (SSSR count). The smallest absolute Gasteiger partial charge is 0.160 e. The summed E-state index contributed by atoms with van der Waals surface area (Å²) in [6, 6.07) is 12.1. The van der Waals surface area contributed by atoms with Crippen molar-refractivity contribution in [1.29, 1.82) is 0 Å². The lowest BCUT2D eigenvalue weighted by Gasteiger charge is -2.26. The van der Waals surface area contributed by atoms with Gasteiger partial charge in [-0.3, -0.25) is 4.98 Å². The number of rotatable bonds is 4. The van der Waals surface area contributed by atoms with Gasteiger partial charge in [-0.1, -0.05) is 29.8 Å². The van der Waals surface area contributed by atoms with Crippen molar-refractivity contribution in [2.45, 2.75) is 31.8 Å². The Hall–Kier alpha value is -2.30. The van der Waals surface area contributed by atoms with Crippen molar-refractivity contribution in [2.75, 3.05) is 0 Å². The second-order valence-corrected chi connectivity index (χ2v) is 6.66. The number of hydrogen-bond acceptors (Lipinski definition) is 4. The second-order valence-electron chi connectivity index (χ2n) is 6.25. The fourth-order valence-corrected chi connectivity index (χ4v) is 3.47. The van der Waals surface area contributed by atoms with Crippen LogP contribution in [-0.4, -0.2) is 15.0 Å². The standard InChI is InChI=1S/C20H19ClN4/c21-17-7-2-1-5-14(17)12-23-18-8-3-9-19-16(18)13-24-20(25-19)15-6-4-10-22-11-15/h1-2,4-7,10-11,13,18,23H,3,8-9,12H2/t18-/m0/s1. The van der Waals surface area contributed by atoms with Crippen LogP contribution in [0.1, 0.15) is 35.7 Å². The highest BCUT2D eigenvalue weighted by Gasteiger charge is 2.22. The Bertz CT molecular complexity index is 867. The van der Waals surface area contributed by atoms with Crippen LogP contribution < -0.4 is 5.32 Å². The normalized spacial score (nSPS) is 16.4. The summed E-state index contributed by atoms with van der Waals surface area (Å²) in [6.07, 6.45) is 8.74. The highest BCUT2D eigenvalue weighted by Crippen LogP contribution is 2.30. The molecule has 0 saturated heterocycles. The van der Waals surface area contributed by atoms with E-state index in [1.807, 2.05) is 36.5 Å². The summed E-state index contributed by atoms with van der Waals surface area (Å²) in [5.74, 6) is 0.749. The van der Waals surface area contributed by atoms with Gasteiger partial charge in [0.1, 0.15) is 0 Å². The van der Waals surface area contributed by atoms with Gasteiger partial charge in [0.2, 0.25) is 0 Å². The number of pyridine rings is 1. The molecule has 1 aliphatic rings. The molecular weight excluding hydrogens is 332 g/mol. The van der Waals surface area contributed by atoms with Crippen molar-refractivity contribution in [3.63, 3.8) is 0 Å². The molecule has 1 aromatic carbocycles. The first-order chi connectivity index (χ1) is 12.3. The summed E-state index contributed by atoms with van der Waals surface area (Å²) in [5.41, 5.74) is 4.41. The third-order valence-electron chi connectivity index (χ3n) is 4.60. The maximum absolute atomic E-state index is 6.26. The number of benzene rings is 1. The highest BCUT2D eigenvalue weighted by atomic mass is 35.5. The molecule has 126 valence electrons. The van der Waals surface area contributed by atoms with Crippen LogP contribution >= 0.6 is 11.6 Å². The van der Waals surface area contributed by atoms with E-state index >= 15 is 0 Å². The van der Waals surface area contributed by atoms with E-state index in [9.17, 15) is 0 Å². The Morgan fingerprint density at radius 3 is 2.88 bits per heavy atom. The van der Waals surface area contributed by atoms with E-state index in [4.69, 9.17) is 16.6 Å². The first kappa shape index (κ1) is 16.2. The minimum Gasteiger partial charge on any atom is -0.306 e. The summed E-state index contributed by atoms with van der Waals surface area (Å²) < 4.78 is 0. The van der Waals surface area contributed by atoms with Gasteiger partial charge < -0.3 is 5.32 Å².